The highest BCUT2D eigenvalue weighted by Gasteiger charge is 2.27. The smallest absolute Gasteiger partial charge is 0.328 e. The second-order valence-corrected chi connectivity index (χ2v) is 5.63. The zero-order chi connectivity index (χ0) is 18.9. The van der Waals surface area contributed by atoms with Gasteiger partial charge in [-0.2, -0.15) is 5.26 Å². The number of rotatable bonds is 7. The Bertz CT molecular complexity index is 799. The summed E-state index contributed by atoms with van der Waals surface area (Å²) in [5.74, 6) is -1.01. The van der Waals surface area contributed by atoms with Gasteiger partial charge >= 0.3 is 5.97 Å². The molecule has 1 amide bonds. The summed E-state index contributed by atoms with van der Waals surface area (Å²) in [5, 5.41) is 11.7. The second-order valence-electron chi connectivity index (χ2n) is 5.63. The van der Waals surface area contributed by atoms with Gasteiger partial charge in [0.2, 0.25) is 0 Å². The standard InChI is InChI=1S/C20H20N2O4/c1-25-18(16-9-4-3-5-10-16)19(23)22-17(20(24)26-2)12-14-7-6-8-15(11-14)13-21/h3-11,17-18H,12H2,1-2H3,(H,22,23)/t17-,18+/m1/s1. The predicted molar refractivity (Wildman–Crippen MR) is 95.0 cm³/mol. The molecular weight excluding hydrogens is 332 g/mol. The molecule has 0 heterocycles. The molecule has 0 aliphatic rings. The van der Waals surface area contributed by atoms with Crippen molar-refractivity contribution in [3.63, 3.8) is 0 Å². The minimum Gasteiger partial charge on any atom is -0.467 e. The SMILES string of the molecule is COC(=O)[C@@H](Cc1cccc(C#N)c1)NC(=O)[C@@H](OC)c1ccccc1. The maximum atomic E-state index is 12.6. The van der Waals surface area contributed by atoms with Gasteiger partial charge in [-0.15, -0.1) is 0 Å². The summed E-state index contributed by atoms with van der Waals surface area (Å²) < 4.78 is 10.1. The quantitative estimate of drug-likeness (QED) is 0.771. The molecule has 0 fully saturated rings. The molecule has 6 heteroatoms. The van der Waals surface area contributed by atoms with Crippen LogP contribution in [-0.4, -0.2) is 32.1 Å². The molecule has 0 unspecified atom stereocenters. The Kier molecular flexibility index (Phi) is 6.89. The molecule has 0 spiro atoms. The Labute approximate surface area is 152 Å². The monoisotopic (exact) mass is 352 g/mol. The number of esters is 1. The molecule has 0 aromatic heterocycles. The van der Waals surface area contributed by atoms with Gasteiger partial charge in [0, 0.05) is 13.5 Å². The van der Waals surface area contributed by atoms with Crippen LogP contribution in [0.4, 0.5) is 0 Å². The summed E-state index contributed by atoms with van der Waals surface area (Å²) in [7, 11) is 2.69. The van der Waals surface area contributed by atoms with Crippen molar-refractivity contribution in [2.75, 3.05) is 14.2 Å². The lowest BCUT2D eigenvalue weighted by Gasteiger charge is -2.21. The van der Waals surface area contributed by atoms with Gasteiger partial charge in [0.05, 0.1) is 18.7 Å². The van der Waals surface area contributed by atoms with Crippen molar-refractivity contribution in [3.8, 4) is 6.07 Å². The van der Waals surface area contributed by atoms with Crippen molar-refractivity contribution in [1.82, 2.24) is 5.32 Å². The minimum atomic E-state index is -0.886. The first-order valence-corrected chi connectivity index (χ1v) is 8.04. The van der Waals surface area contributed by atoms with Crippen LogP contribution in [0.5, 0.6) is 0 Å². The first-order valence-electron chi connectivity index (χ1n) is 8.04. The highest BCUT2D eigenvalue weighted by Crippen LogP contribution is 2.17. The van der Waals surface area contributed by atoms with Crippen molar-refractivity contribution >= 4 is 11.9 Å². The molecule has 0 saturated heterocycles. The van der Waals surface area contributed by atoms with E-state index in [1.807, 2.05) is 12.1 Å². The van der Waals surface area contributed by atoms with E-state index in [0.717, 1.165) is 5.56 Å². The fourth-order valence-electron chi connectivity index (χ4n) is 2.61. The Morgan fingerprint density at radius 2 is 1.85 bits per heavy atom. The van der Waals surface area contributed by atoms with Crippen molar-refractivity contribution in [1.29, 1.82) is 5.26 Å². The predicted octanol–water partition coefficient (Wildman–Crippen LogP) is 2.15. The number of nitriles is 1. The van der Waals surface area contributed by atoms with Crippen LogP contribution >= 0.6 is 0 Å². The van der Waals surface area contributed by atoms with E-state index in [4.69, 9.17) is 14.7 Å². The van der Waals surface area contributed by atoms with Gasteiger partial charge in [-0.05, 0) is 23.3 Å². The highest BCUT2D eigenvalue weighted by molar-refractivity contribution is 5.87. The first-order chi connectivity index (χ1) is 12.6. The summed E-state index contributed by atoms with van der Waals surface area (Å²) in [6.45, 7) is 0. The van der Waals surface area contributed by atoms with E-state index >= 15 is 0 Å². The molecular formula is C20H20N2O4. The summed E-state index contributed by atoms with van der Waals surface area (Å²) in [6.07, 6.45) is -0.632. The average molecular weight is 352 g/mol. The van der Waals surface area contributed by atoms with Crippen LogP contribution in [0.3, 0.4) is 0 Å². The van der Waals surface area contributed by atoms with Gasteiger partial charge < -0.3 is 14.8 Å². The maximum Gasteiger partial charge on any atom is 0.328 e. The van der Waals surface area contributed by atoms with Crippen LogP contribution in [0.2, 0.25) is 0 Å². The zero-order valence-corrected chi connectivity index (χ0v) is 14.6. The molecule has 2 rings (SSSR count). The number of hydrogen-bond acceptors (Lipinski definition) is 5. The van der Waals surface area contributed by atoms with Crippen LogP contribution in [0, 0.1) is 11.3 Å². The van der Waals surface area contributed by atoms with Crippen LogP contribution in [0.25, 0.3) is 0 Å². The number of nitrogens with zero attached hydrogens (tertiary/aromatic N) is 1. The number of nitrogens with one attached hydrogen (secondary N) is 1. The second kappa shape index (κ2) is 9.35. The first kappa shape index (κ1) is 19.2. The number of ether oxygens (including phenoxy) is 2. The normalized spacial score (nSPS) is 12.5. The minimum absolute atomic E-state index is 0.207. The third-order valence-electron chi connectivity index (χ3n) is 3.87. The molecule has 0 radical (unpaired) electrons. The van der Waals surface area contributed by atoms with Gasteiger partial charge in [-0.25, -0.2) is 4.79 Å². The molecule has 2 atom stereocenters. The molecule has 0 aliphatic carbocycles. The third kappa shape index (κ3) is 4.91. The van der Waals surface area contributed by atoms with Crippen LogP contribution < -0.4 is 5.32 Å². The zero-order valence-electron chi connectivity index (χ0n) is 14.6. The van der Waals surface area contributed by atoms with E-state index in [9.17, 15) is 9.59 Å². The van der Waals surface area contributed by atoms with Crippen molar-refractivity contribution < 1.29 is 19.1 Å². The van der Waals surface area contributed by atoms with E-state index in [-0.39, 0.29) is 6.42 Å². The topological polar surface area (TPSA) is 88.4 Å². The Morgan fingerprint density at radius 3 is 2.46 bits per heavy atom. The summed E-state index contributed by atoms with van der Waals surface area (Å²) in [4.78, 5) is 24.7. The number of hydrogen-bond donors (Lipinski definition) is 1. The van der Waals surface area contributed by atoms with Gasteiger partial charge in [-0.3, -0.25) is 4.79 Å². The largest absolute Gasteiger partial charge is 0.467 e. The molecule has 0 saturated carbocycles. The Morgan fingerprint density at radius 1 is 1.12 bits per heavy atom. The summed E-state index contributed by atoms with van der Waals surface area (Å²) in [5.41, 5.74) is 1.91. The lowest BCUT2D eigenvalue weighted by molar-refractivity contribution is -0.146. The number of amides is 1. The fraction of sp³-hybridized carbons (Fsp3) is 0.250. The van der Waals surface area contributed by atoms with E-state index in [1.165, 1.54) is 14.2 Å². The van der Waals surface area contributed by atoms with E-state index in [2.05, 4.69) is 5.32 Å². The molecule has 2 aromatic rings. The molecule has 6 nitrogen and oxygen atoms in total. The molecule has 2 aromatic carbocycles. The van der Waals surface area contributed by atoms with Gasteiger partial charge in [0.25, 0.3) is 5.91 Å². The van der Waals surface area contributed by atoms with Gasteiger partial charge in [-0.1, -0.05) is 42.5 Å². The van der Waals surface area contributed by atoms with Crippen molar-refractivity contribution in [2.24, 2.45) is 0 Å². The Balaban J connectivity index is 2.17. The van der Waals surface area contributed by atoms with Crippen molar-refractivity contribution in [3.05, 3.63) is 71.3 Å². The Hall–Kier alpha value is -3.17. The number of methoxy groups -OCH3 is 2. The molecule has 1 N–H and O–H groups in total. The van der Waals surface area contributed by atoms with Gasteiger partial charge in [0.15, 0.2) is 6.10 Å². The van der Waals surface area contributed by atoms with E-state index in [0.29, 0.717) is 11.1 Å². The van der Waals surface area contributed by atoms with Crippen LogP contribution in [0.1, 0.15) is 22.8 Å². The van der Waals surface area contributed by atoms with E-state index < -0.39 is 24.0 Å². The fourth-order valence-corrected chi connectivity index (χ4v) is 2.61. The average Bonchev–Trinajstić information content (AvgIpc) is 2.68. The lowest BCUT2D eigenvalue weighted by Crippen LogP contribution is -2.45. The summed E-state index contributed by atoms with van der Waals surface area (Å²) in [6, 6.07) is 17.0. The molecule has 0 bridgehead atoms. The molecule has 0 aliphatic heterocycles. The number of carbonyl (C=O) groups is 2. The maximum absolute atomic E-state index is 12.6. The lowest BCUT2D eigenvalue weighted by atomic mass is 10.0. The van der Waals surface area contributed by atoms with Crippen LogP contribution in [-0.2, 0) is 25.5 Å². The summed E-state index contributed by atoms with van der Waals surface area (Å²) >= 11 is 0. The van der Waals surface area contributed by atoms with E-state index in [1.54, 1.807) is 48.5 Å². The highest BCUT2D eigenvalue weighted by atomic mass is 16.5. The van der Waals surface area contributed by atoms with Crippen molar-refractivity contribution in [2.45, 2.75) is 18.6 Å². The molecule has 134 valence electrons. The van der Waals surface area contributed by atoms with Gasteiger partial charge in [0.1, 0.15) is 6.04 Å². The van der Waals surface area contributed by atoms with Crippen LogP contribution in [0.15, 0.2) is 54.6 Å². The third-order valence-corrected chi connectivity index (χ3v) is 3.87. The number of benzene rings is 2. The molecule has 26 heavy (non-hydrogen) atoms. The number of carbonyl (C=O) groups excluding carboxylic acids is 2.